The average Bonchev–Trinajstić information content (AvgIpc) is 2.75. The van der Waals surface area contributed by atoms with E-state index in [9.17, 15) is 14.0 Å². The van der Waals surface area contributed by atoms with E-state index in [1.165, 1.54) is 13.0 Å². The standard InChI is InChI=1S/C19H30N4O2.C4H7F.C2H6/c1-5-6-17(24)21-15-11-16(23-20-12-15)18(25)22-14-9-7-13(8-10-14)19(2,3)4;1-3-4(2)5;1-2/h5,12-14,20H,1,6-11H2,2-4H3,(H,21,24)(H,22,25);3H,1-2H3;1-2H3/b;4-3+;. The molecule has 3 N–H and O–H groups in total. The zero-order valence-electron chi connectivity index (χ0n) is 21.0. The molecule has 1 fully saturated rings. The second-order valence-electron chi connectivity index (χ2n) is 8.84. The summed E-state index contributed by atoms with van der Waals surface area (Å²) in [6, 6.07) is 0.207. The maximum absolute atomic E-state index is 12.5. The number of nitrogens with one attached hydrogen (secondary N) is 3. The van der Waals surface area contributed by atoms with Gasteiger partial charge >= 0.3 is 0 Å². The number of allylic oxidation sites excluding steroid dienone is 3. The van der Waals surface area contributed by atoms with E-state index in [4.69, 9.17) is 0 Å². The van der Waals surface area contributed by atoms with Crippen molar-refractivity contribution in [1.82, 2.24) is 16.1 Å². The molecule has 182 valence electrons. The summed E-state index contributed by atoms with van der Waals surface area (Å²) in [7, 11) is 0. The van der Waals surface area contributed by atoms with E-state index in [-0.39, 0.29) is 30.1 Å². The number of hydrogen-bond donors (Lipinski definition) is 3. The van der Waals surface area contributed by atoms with Gasteiger partial charge in [0.05, 0.1) is 5.83 Å². The predicted octanol–water partition coefficient (Wildman–Crippen LogP) is 5.50. The number of hydrogen-bond acceptors (Lipinski definition) is 4. The van der Waals surface area contributed by atoms with Crippen molar-refractivity contribution in [1.29, 1.82) is 0 Å². The van der Waals surface area contributed by atoms with Crippen molar-refractivity contribution in [3.63, 3.8) is 0 Å². The Morgan fingerprint density at radius 1 is 1.25 bits per heavy atom. The molecule has 0 atom stereocenters. The third-order valence-corrected chi connectivity index (χ3v) is 5.37. The van der Waals surface area contributed by atoms with Crippen LogP contribution in [0.1, 0.15) is 87.0 Å². The molecule has 0 radical (unpaired) electrons. The third kappa shape index (κ3) is 11.8. The molecule has 0 saturated heterocycles. The molecule has 2 aliphatic rings. The first-order valence-electron chi connectivity index (χ1n) is 11.6. The van der Waals surface area contributed by atoms with Gasteiger partial charge in [-0.2, -0.15) is 5.10 Å². The summed E-state index contributed by atoms with van der Waals surface area (Å²) in [6.45, 7) is 17.5. The van der Waals surface area contributed by atoms with E-state index in [1.807, 2.05) is 13.8 Å². The summed E-state index contributed by atoms with van der Waals surface area (Å²) in [4.78, 5) is 24.1. The normalized spacial score (nSPS) is 20.6. The largest absolute Gasteiger partial charge is 0.348 e. The zero-order chi connectivity index (χ0) is 24.7. The van der Waals surface area contributed by atoms with Gasteiger partial charge in [0.25, 0.3) is 5.91 Å². The van der Waals surface area contributed by atoms with Crippen molar-refractivity contribution in [3.8, 4) is 0 Å². The van der Waals surface area contributed by atoms with Crippen LogP contribution >= 0.6 is 0 Å². The van der Waals surface area contributed by atoms with Crippen molar-refractivity contribution < 1.29 is 14.0 Å². The first-order chi connectivity index (χ1) is 15.1. The highest BCUT2D eigenvalue weighted by molar-refractivity contribution is 6.39. The molecule has 0 aromatic carbocycles. The van der Waals surface area contributed by atoms with Gasteiger partial charge in [-0.1, -0.05) is 46.8 Å². The molecular formula is C25H43FN4O2. The monoisotopic (exact) mass is 450 g/mol. The maximum atomic E-state index is 12.5. The fourth-order valence-electron chi connectivity index (χ4n) is 3.40. The van der Waals surface area contributed by atoms with Crippen LogP contribution in [-0.4, -0.2) is 23.6 Å². The van der Waals surface area contributed by atoms with Crippen LogP contribution in [0.25, 0.3) is 0 Å². The Labute approximate surface area is 193 Å². The summed E-state index contributed by atoms with van der Waals surface area (Å²) in [6.07, 6.45) is 9.42. The fraction of sp³-hybridized carbons (Fsp3) is 0.640. The Kier molecular flexibility index (Phi) is 14.2. The Morgan fingerprint density at radius 2 is 1.81 bits per heavy atom. The quantitative estimate of drug-likeness (QED) is 0.484. The summed E-state index contributed by atoms with van der Waals surface area (Å²) < 4.78 is 11.3. The minimum Gasteiger partial charge on any atom is -0.348 e. The number of nitrogens with zero attached hydrogens (tertiary/aromatic N) is 1. The Hall–Kier alpha value is -2.44. The molecule has 0 aromatic heterocycles. The van der Waals surface area contributed by atoms with Crippen LogP contribution in [0.2, 0.25) is 0 Å². The number of carbonyl (C=O) groups excluding carboxylic acids is 2. The fourth-order valence-corrected chi connectivity index (χ4v) is 3.40. The highest BCUT2D eigenvalue weighted by Gasteiger charge is 2.31. The zero-order valence-corrected chi connectivity index (χ0v) is 21.0. The van der Waals surface area contributed by atoms with Crippen LogP contribution < -0.4 is 16.1 Å². The lowest BCUT2D eigenvalue weighted by Gasteiger charge is -2.37. The second kappa shape index (κ2) is 15.4. The molecule has 7 heteroatoms. The highest BCUT2D eigenvalue weighted by atomic mass is 19.1. The van der Waals surface area contributed by atoms with Crippen LogP contribution in [-0.2, 0) is 9.59 Å². The van der Waals surface area contributed by atoms with E-state index in [2.05, 4.69) is 48.5 Å². The summed E-state index contributed by atoms with van der Waals surface area (Å²) in [5.74, 6) is 0.287. The Morgan fingerprint density at radius 3 is 2.28 bits per heavy atom. The van der Waals surface area contributed by atoms with E-state index < -0.39 is 0 Å². The number of halogens is 1. The van der Waals surface area contributed by atoms with Crippen molar-refractivity contribution in [3.05, 3.63) is 36.5 Å². The third-order valence-electron chi connectivity index (χ3n) is 5.37. The first kappa shape index (κ1) is 29.6. The number of carbonyl (C=O) groups is 2. The van der Waals surface area contributed by atoms with Gasteiger partial charge in [-0.05, 0) is 50.9 Å². The van der Waals surface area contributed by atoms with Crippen molar-refractivity contribution >= 4 is 17.5 Å². The molecule has 2 rings (SSSR count). The van der Waals surface area contributed by atoms with Crippen molar-refractivity contribution in [2.75, 3.05) is 0 Å². The Balaban J connectivity index is 0.00000121. The van der Waals surface area contributed by atoms with Gasteiger partial charge in [0.15, 0.2) is 0 Å². The molecule has 1 heterocycles. The van der Waals surface area contributed by atoms with E-state index in [0.717, 1.165) is 25.7 Å². The molecule has 0 bridgehead atoms. The topological polar surface area (TPSA) is 82.6 Å². The molecule has 0 spiro atoms. The molecule has 32 heavy (non-hydrogen) atoms. The predicted molar refractivity (Wildman–Crippen MR) is 131 cm³/mol. The Bertz CT molecular complexity index is 693. The van der Waals surface area contributed by atoms with Gasteiger partial charge in [0, 0.05) is 30.8 Å². The van der Waals surface area contributed by atoms with Gasteiger partial charge in [0.2, 0.25) is 5.91 Å². The number of rotatable bonds is 5. The van der Waals surface area contributed by atoms with Gasteiger partial charge in [-0.3, -0.25) is 15.0 Å². The molecule has 6 nitrogen and oxygen atoms in total. The number of hydrazone groups is 1. The number of amides is 2. The molecule has 1 aliphatic carbocycles. The van der Waals surface area contributed by atoms with Gasteiger partial charge in [-0.25, -0.2) is 4.39 Å². The highest BCUT2D eigenvalue weighted by Crippen LogP contribution is 2.37. The molecule has 1 aliphatic heterocycles. The lowest BCUT2D eigenvalue weighted by Crippen LogP contribution is -2.44. The molecular weight excluding hydrogens is 407 g/mol. The van der Waals surface area contributed by atoms with Gasteiger partial charge < -0.3 is 10.6 Å². The van der Waals surface area contributed by atoms with Crippen LogP contribution in [0, 0.1) is 11.3 Å². The maximum Gasteiger partial charge on any atom is 0.268 e. The summed E-state index contributed by atoms with van der Waals surface area (Å²) in [5, 5.41) is 9.91. The van der Waals surface area contributed by atoms with Crippen LogP contribution in [0.3, 0.4) is 0 Å². The summed E-state index contributed by atoms with van der Waals surface area (Å²) >= 11 is 0. The van der Waals surface area contributed by atoms with E-state index in [0.29, 0.717) is 29.2 Å². The first-order valence-corrected chi connectivity index (χ1v) is 11.6. The van der Waals surface area contributed by atoms with Crippen LogP contribution in [0.4, 0.5) is 4.39 Å². The summed E-state index contributed by atoms with van der Waals surface area (Å²) in [5.41, 5.74) is 4.07. The van der Waals surface area contributed by atoms with Crippen LogP contribution in [0.15, 0.2) is 41.6 Å². The smallest absolute Gasteiger partial charge is 0.268 e. The molecule has 2 amide bonds. The average molecular weight is 451 g/mol. The van der Waals surface area contributed by atoms with Gasteiger partial charge in [-0.15, -0.1) is 6.58 Å². The van der Waals surface area contributed by atoms with E-state index in [1.54, 1.807) is 19.2 Å². The molecule has 1 saturated carbocycles. The van der Waals surface area contributed by atoms with Gasteiger partial charge in [0.1, 0.15) is 5.71 Å². The lowest BCUT2D eigenvalue weighted by molar-refractivity contribution is -0.119. The van der Waals surface area contributed by atoms with Crippen molar-refractivity contribution in [2.24, 2.45) is 16.4 Å². The van der Waals surface area contributed by atoms with E-state index >= 15 is 0 Å². The molecule has 0 aromatic rings. The molecule has 0 unspecified atom stereocenters. The minimum atomic E-state index is -0.157. The van der Waals surface area contributed by atoms with Crippen molar-refractivity contribution in [2.45, 2.75) is 93.0 Å². The second-order valence-corrected chi connectivity index (χ2v) is 8.84. The van der Waals surface area contributed by atoms with Crippen LogP contribution in [0.5, 0.6) is 0 Å². The lowest BCUT2D eigenvalue weighted by atomic mass is 9.71. The minimum absolute atomic E-state index is 0.120. The SMILES string of the molecule is C/C=C(\C)F.C=CCC(=O)NC1=CNN=C(C(=O)NC2CCC(C(C)(C)C)CC2)C1.CC.